The third-order valence-electron chi connectivity index (χ3n) is 3.86. The monoisotopic (exact) mass is 310 g/mol. The first kappa shape index (κ1) is 12.9. The van der Waals surface area contributed by atoms with Crippen LogP contribution in [-0.4, -0.2) is 34.3 Å². The molecule has 6 heteroatoms. The summed E-state index contributed by atoms with van der Waals surface area (Å²) >= 11 is 0. The maximum Gasteiger partial charge on any atom is 0.323 e. The molecule has 1 radical (unpaired) electrons. The second-order valence-corrected chi connectivity index (χ2v) is 4.66. The van der Waals surface area contributed by atoms with Crippen LogP contribution in [0.3, 0.4) is 0 Å². The van der Waals surface area contributed by atoms with E-state index >= 15 is 0 Å². The van der Waals surface area contributed by atoms with Crippen molar-refractivity contribution in [2.24, 2.45) is 23.7 Å². The minimum atomic E-state index is -1.14. The van der Waals surface area contributed by atoms with Gasteiger partial charge in [-0.05, 0) is 18.3 Å². The van der Waals surface area contributed by atoms with E-state index in [1.165, 1.54) is 0 Å². The van der Waals surface area contributed by atoms with E-state index in [2.05, 4.69) is 0 Å². The number of allylic oxidation sites excluding steroid dienone is 2. The molecule has 1 N–H and O–H groups in total. The summed E-state index contributed by atoms with van der Waals surface area (Å²) in [6.07, 6.45) is 4.84. The number of rotatable bonds is 2. The number of hydrogen-bond acceptors (Lipinski definition) is 3. The molecule has 4 atom stereocenters. The maximum atomic E-state index is 11.9. The molecule has 0 aromatic heterocycles. The van der Waals surface area contributed by atoms with Crippen molar-refractivity contribution in [2.75, 3.05) is 6.54 Å². The van der Waals surface area contributed by atoms with Gasteiger partial charge in [0, 0.05) is 32.7 Å². The summed E-state index contributed by atoms with van der Waals surface area (Å²) in [5, 5.41) is 8.66. The number of carbonyl (C=O) groups is 3. The zero-order valence-electron chi connectivity index (χ0n) is 9.07. The van der Waals surface area contributed by atoms with Gasteiger partial charge in [0.05, 0.1) is 11.8 Å². The minimum Gasteiger partial charge on any atom is -0.480 e. The first-order valence-corrected chi connectivity index (χ1v) is 5.35. The standard InChI is InChI=1S/C11H11NO4.Y/c13-7(14)4-12-10(15)8-5-1-2-6(3-5)9(8)11(12)16;/h1-2,5-6,8-9H,3-4H2,(H,13,14);. The number of aliphatic carboxylic acids is 1. The van der Waals surface area contributed by atoms with Gasteiger partial charge in [-0.25, -0.2) is 0 Å². The van der Waals surface area contributed by atoms with Gasteiger partial charge in [0.2, 0.25) is 11.8 Å². The SMILES string of the molecule is O=C(O)CN1C(=O)C2C3C=CC(C3)C2C1=O.[Y]. The van der Waals surface area contributed by atoms with Gasteiger partial charge in [0.25, 0.3) is 0 Å². The number of likely N-dealkylation sites (tertiary alicyclic amines) is 1. The molecular weight excluding hydrogens is 299 g/mol. The number of carboxylic acid groups (broad SMARTS) is 1. The van der Waals surface area contributed by atoms with Crippen molar-refractivity contribution in [2.45, 2.75) is 6.42 Å². The quantitative estimate of drug-likeness (QED) is 0.570. The number of imide groups is 1. The molecule has 1 saturated carbocycles. The average molecular weight is 310 g/mol. The van der Waals surface area contributed by atoms with E-state index in [9.17, 15) is 14.4 Å². The van der Waals surface area contributed by atoms with Gasteiger partial charge >= 0.3 is 5.97 Å². The van der Waals surface area contributed by atoms with Crippen molar-refractivity contribution in [3.63, 3.8) is 0 Å². The van der Waals surface area contributed by atoms with E-state index in [0.29, 0.717) is 0 Å². The molecular formula is C11H11NO4Y. The Morgan fingerprint density at radius 2 is 1.71 bits per heavy atom. The van der Waals surface area contributed by atoms with Crippen LogP contribution in [0.1, 0.15) is 6.42 Å². The van der Waals surface area contributed by atoms with Crippen molar-refractivity contribution < 1.29 is 52.2 Å². The molecule has 5 nitrogen and oxygen atoms in total. The summed E-state index contributed by atoms with van der Waals surface area (Å²) < 4.78 is 0. The number of hydrogen-bond donors (Lipinski definition) is 1. The summed E-state index contributed by atoms with van der Waals surface area (Å²) in [7, 11) is 0. The summed E-state index contributed by atoms with van der Waals surface area (Å²) in [5.74, 6) is -2.02. The van der Waals surface area contributed by atoms with Crippen molar-refractivity contribution >= 4 is 17.8 Å². The van der Waals surface area contributed by atoms with Crippen LogP contribution in [0.25, 0.3) is 0 Å². The summed E-state index contributed by atoms with van der Waals surface area (Å²) in [6, 6.07) is 0. The molecule has 0 spiro atoms. The van der Waals surface area contributed by atoms with E-state index in [4.69, 9.17) is 5.11 Å². The van der Waals surface area contributed by atoms with Crippen LogP contribution in [-0.2, 0) is 47.1 Å². The van der Waals surface area contributed by atoms with Crippen molar-refractivity contribution in [3.05, 3.63) is 12.2 Å². The fraction of sp³-hybridized carbons (Fsp3) is 0.545. The Balaban J connectivity index is 0.00000108. The van der Waals surface area contributed by atoms with Gasteiger partial charge in [-0.1, -0.05) is 12.2 Å². The first-order chi connectivity index (χ1) is 7.59. The Labute approximate surface area is 123 Å². The van der Waals surface area contributed by atoms with E-state index in [-0.39, 0.29) is 68.2 Å². The topological polar surface area (TPSA) is 74.7 Å². The van der Waals surface area contributed by atoms with Gasteiger partial charge in [-0.3, -0.25) is 19.3 Å². The second kappa shape index (κ2) is 4.28. The first-order valence-electron chi connectivity index (χ1n) is 5.35. The van der Waals surface area contributed by atoms with Gasteiger partial charge in [0.15, 0.2) is 0 Å². The normalized spacial score (nSPS) is 37.3. The molecule has 87 valence electrons. The van der Waals surface area contributed by atoms with Gasteiger partial charge in [0.1, 0.15) is 6.54 Å². The molecule has 2 bridgehead atoms. The number of carbonyl (C=O) groups excluding carboxylic acids is 2. The predicted molar refractivity (Wildman–Crippen MR) is 52.1 cm³/mol. The van der Waals surface area contributed by atoms with Crippen molar-refractivity contribution in [3.8, 4) is 0 Å². The minimum absolute atomic E-state index is 0. The van der Waals surface area contributed by atoms with Gasteiger partial charge in [-0.2, -0.15) is 0 Å². The Morgan fingerprint density at radius 1 is 1.24 bits per heavy atom. The Bertz CT molecular complexity index is 403. The van der Waals surface area contributed by atoms with Crippen LogP contribution >= 0.6 is 0 Å². The summed E-state index contributed by atoms with van der Waals surface area (Å²) in [5.41, 5.74) is 0. The second-order valence-electron chi connectivity index (χ2n) is 4.66. The molecule has 3 aliphatic rings. The Hall–Kier alpha value is -0.546. The largest absolute Gasteiger partial charge is 0.480 e. The van der Waals surface area contributed by atoms with Gasteiger partial charge in [-0.15, -0.1) is 0 Å². The third kappa shape index (κ3) is 1.71. The molecule has 0 aromatic rings. The molecule has 3 rings (SSSR count). The summed E-state index contributed by atoms with van der Waals surface area (Å²) in [4.78, 5) is 35.4. The van der Waals surface area contributed by atoms with Crippen molar-refractivity contribution in [1.29, 1.82) is 0 Å². The molecule has 0 aromatic carbocycles. The average Bonchev–Trinajstić information content (AvgIpc) is 2.87. The molecule has 1 heterocycles. The fourth-order valence-electron chi connectivity index (χ4n) is 3.26. The van der Waals surface area contributed by atoms with E-state index in [1.54, 1.807) is 0 Å². The van der Waals surface area contributed by atoms with Crippen LogP contribution in [0.2, 0.25) is 0 Å². The van der Waals surface area contributed by atoms with Crippen LogP contribution in [0.15, 0.2) is 12.2 Å². The smallest absolute Gasteiger partial charge is 0.323 e. The Morgan fingerprint density at radius 3 is 2.12 bits per heavy atom. The zero-order valence-corrected chi connectivity index (χ0v) is 11.9. The van der Waals surface area contributed by atoms with E-state index in [0.717, 1.165) is 11.3 Å². The summed E-state index contributed by atoms with van der Waals surface area (Å²) in [6.45, 7) is -0.496. The molecule has 4 unspecified atom stereocenters. The molecule has 2 aliphatic carbocycles. The number of carboxylic acids is 1. The Kier molecular flexibility index (Phi) is 3.25. The molecule has 1 saturated heterocycles. The number of amides is 2. The van der Waals surface area contributed by atoms with E-state index in [1.807, 2.05) is 12.2 Å². The maximum absolute atomic E-state index is 11.9. The van der Waals surface area contributed by atoms with Crippen LogP contribution < -0.4 is 0 Å². The van der Waals surface area contributed by atoms with Crippen LogP contribution in [0, 0.1) is 23.7 Å². The predicted octanol–water partition coefficient (Wildman–Crippen LogP) is -0.124. The molecule has 1 aliphatic heterocycles. The zero-order chi connectivity index (χ0) is 11.4. The van der Waals surface area contributed by atoms with Crippen molar-refractivity contribution in [1.82, 2.24) is 4.90 Å². The molecule has 2 fully saturated rings. The molecule has 17 heavy (non-hydrogen) atoms. The number of nitrogens with zero attached hydrogens (tertiary/aromatic N) is 1. The van der Waals surface area contributed by atoms with Crippen LogP contribution in [0.5, 0.6) is 0 Å². The van der Waals surface area contributed by atoms with Crippen LogP contribution in [0.4, 0.5) is 0 Å². The van der Waals surface area contributed by atoms with E-state index < -0.39 is 12.5 Å². The fourth-order valence-corrected chi connectivity index (χ4v) is 3.26. The third-order valence-corrected chi connectivity index (χ3v) is 3.86. The number of fused-ring (bicyclic) bond motifs is 5. The molecule has 2 amide bonds. The van der Waals surface area contributed by atoms with Gasteiger partial charge < -0.3 is 5.11 Å².